The fourth-order valence-corrected chi connectivity index (χ4v) is 3.02. The van der Waals surface area contributed by atoms with Gasteiger partial charge in [0.2, 0.25) is 4.77 Å². The van der Waals surface area contributed by atoms with E-state index in [1.54, 1.807) is 7.11 Å². The molecule has 2 aromatic rings. The van der Waals surface area contributed by atoms with Crippen LogP contribution in [0.4, 0.5) is 0 Å². The summed E-state index contributed by atoms with van der Waals surface area (Å²) < 4.78 is 14.7. The maximum atomic E-state index is 5.90. The van der Waals surface area contributed by atoms with Gasteiger partial charge in [-0.15, -0.1) is 0 Å². The second-order valence-electron chi connectivity index (χ2n) is 5.31. The van der Waals surface area contributed by atoms with E-state index in [4.69, 9.17) is 21.7 Å². The van der Waals surface area contributed by atoms with Gasteiger partial charge in [0.15, 0.2) is 17.3 Å². The molecule has 0 radical (unpaired) electrons. The highest BCUT2D eigenvalue weighted by Crippen LogP contribution is 2.35. The Morgan fingerprint density at radius 2 is 2.12 bits per heavy atom. The predicted molar refractivity (Wildman–Crippen MR) is 101 cm³/mol. The molecule has 0 fully saturated rings. The number of rotatable bonds is 9. The third-order valence-electron chi connectivity index (χ3n) is 3.41. The van der Waals surface area contributed by atoms with Crippen molar-refractivity contribution in [3.8, 4) is 11.5 Å². The van der Waals surface area contributed by atoms with Crippen molar-refractivity contribution < 1.29 is 9.47 Å². The molecule has 8 heteroatoms. The van der Waals surface area contributed by atoms with Crippen molar-refractivity contribution >= 4 is 28.1 Å². The van der Waals surface area contributed by atoms with Gasteiger partial charge in [0, 0.05) is 16.5 Å². The topological polar surface area (TPSA) is 64.1 Å². The fraction of sp³-hybridized carbons (Fsp3) is 0.500. The van der Waals surface area contributed by atoms with Crippen LogP contribution < -0.4 is 14.9 Å². The minimum atomic E-state index is 0.541. The Balaban J connectivity index is 2.27. The summed E-state index contributed by atoms with van der Waals surface area (Å²) in [6.07, 6.45) is 2.78. The molecule has 0 aliphatic heterocycles. The average molecular weight is 415 g/mol. The number of nitrogens with zero attached hydrogens (tertiary/aromatic N) is 2. The van der Waals surface area contributed by atoms with Crippen LogP contribution in [0.5, 0.6) is 11.5 Å². The summed E-state index contributed by atoms with van der Waals surface area (Å²) in [4.78, 5) is 0. The zero-order valence-electron chi connectivity index (χ0n) is 14.2. The van der Waals surface area contributed by atoms with E-state index in [9.17, 15) is 0 Å². The Kier molecular flexibility index (Phi) is 7.11. The SMILES string of the molecule is CCCOc1c(CNn2c(CCC)n[nH]c2=S)cc(Br)cc1OC. The molecule has 0 saturated heterocycles. The molecule has 0 aliphatic carbocycles. The summed E-state index contributed by atoms with van der Waals surface area (Å²) in [6, 6.07) is 3.92. The lowest BCUT2D eigenvalue weighted by atomic mass is 10.2. The minimum absolute atomic E-state index is 0.541. The monoisotopic (exact) mass is 414 g/mol. The number of H-pyrrole nitrogens is 1. The number of hydrogen-bond donors (Lipinski definition) is 2. The molecule has 0 aliphatic rings. The summed E-state index contributed by atoms with van der Waals surface area (Å²) >= 11 is 8.82. The molecule has 132 valence electrons. The molecule has 6 nitrogen and oxygen atoms in total. The van der Waals surface area contributed by atoms with Gasteiger partial charge in [0.1, 0.15) is 0 Å². The molecule has 0 unspecified atom stereocenters. The fourth-order valence-electron chi connectivity index (χ4n) is 2.32. The molecule has 0 bridgehead atoms. The Morgan fingerprint density at radius 1 is 1.33 bits per heavy atom. The van der Waals surface area contributed by atoms with Gasteiger partial charge < -0.3 is 14.9 Å². The summed E-state index contributed by atoms with van der Waals surface area (Å²) in [5.74, 6) is 2.35. The quantitative estimate of drug-likeness (QED) is 0.601. The second kappa shape index (κ2) is 9.08. The van der Waals surface area contributed by atoms with Crippen molar-refractivity contribution in [1.29, 1.82) is 0 Å². The maximum Gasteiger partial charge on any atom is 0.214 e. The molecular formula is C16H23BrN4O2S. The number of aryl methyl sites for hydroxylation is 1. The highest BCUT2D eigenvalue weighted by Gasteiger charge is 2.14. The number of hydrogen-bond acceptors (Lipinski definition) is 5. The van der Waals surface area contributed by atoms with Crippen molar-refractivity contribution in [2.24, 2.45) is 0 Å². The number of nitrogens with one attached hydrogen (secondary N) is 2. The van der Waals surface area contributed by atoms with E-state index in [-0.39, 0.29) is 0 Å². The average Bonchev–Trinajstić information content (AvgIpc) is 2.91. The van der Waals surface area contributed by atoms with Crippen molar-refractivity contribution in [2.75, 3.05) is 19.1 Å². The summed E-state index contributed by atoms with van der Waals surface area (Å²) in [7, 11) is 1.64. The van der Waals surface area contributed by atoms with Crippen LogP contribution in [-0.2, 0) is 13.0 Å². The molecule has 0 saturated carbocycles. The normalized spacial score (nSPS) is 10.7. The Morgan fingerprint density at radius 3 is 2.79 bits per heavy atom. The van der Waals surface area contributed by atoms with Crippen LogP contribution in [0, 0.1) is 4.77 Å². The van der Waals surface area contributed by atoms with E-state index in [0.717, 1.165) is 40.9 Å². The Bertz CT molecular complexity index is 729. The third kappa shape index (κ3) is 4.51. The highest BCUT2D eigenvalue weighted by atomic mass is 79.9. The summed E-state index contributed by atoms with van der Waals surface area (Å²) in [5, 5.41) is 7.09. The van der Waals surface area contributed by atoms with Gasteiger partial charge in [-0.3, -0.25) is 5.10 Å². The third-order valence-corrected chi connectivity index (χ3v) is 4.14. The van der Waals surface area contributed by atoms with E-state index in [1.807, 2.05) is 16.8 Å². The molecule has 2 N–H and O–H groups in total. The van der Waals surface area contributed by atoms with Crippen LogP contribution >= 0.6 is 28.1 Å². The highest BCUT2D eigenvalue weighted by molar-refractivity contribution is 9.10. The first-order valence-electron chi connectivity index (χ1n) is 8.00. The van der Waals surface area contributed by atoms with Crippen LogP contribution in [0.3, 0.4) is 0 Å². The van der Waals surface area contributed by atoms with Crippen molar-refractivity contribution in [2.45, 2.75) is 39.7 Å². The lowest BCUT2D eigenvalue weighted by Crippen LogP contribution is -2.18. The van der Waals surface area contributed by atoms with Gasteiger partial charge in [0.05, 0.1) is 20.3 Å². The smallest absolute Gasteiger partial charge is 0.214 e. The molecular weight excluding hydrogens is 392 g/mol. The van der Waals surface area contributed by atoms with Crippen LogP contribution in [0.25, 0.3) is 0 Å². The summed E-state index contributed by atoms with van der Waals surface area (Å²) in [6.45, 7) is 5.36. The van der Waals surface area contributed by atoms with Gasteiger partial charge in [-0.05, 0) is 37.2 Å². The van der Waals surface area contributed by atoms with Crippen LogP contribution in [0.15, 0.2) is 16.6 Å². The molecule has 0 amide bonds. The lowest BCUT2D eigenvalue weighted by molar-refractivity contribution is 0.291. The van der Waals surface area contributed by atoms with E-state index >= 15 is 0 Å². The van der Waals surface area contributed by atoms with E-state index in [2.05, 4.69) is 45.4 Å². The van der Waals surface area contributed by atoms with Crippen LogP contribution in [0.2, 0.25) is 0 Å². The van der Waals surface area contributed by atoms with E-state index < -0.39 is 0 Å². The Labute approximate surface area is 155 Å². The van der Waals surface area contributed by atoms with Crippen molar-refractivity contribution in [1.82, 2.24) is 14.9 Å². The van der Waals surface area contributed by atoms with E-state index in [1.165, 1.54) is 0 Å². The first-order chi connectivity index (χ1) is 11.6. The lowest BCUT2D eigenvalue weighted by Gasteiger charge is -2.17. The largest absolute Gasteiger partial charge is 0.493 e. The van der Waals surface area contributed by atoms with Gasteiger partial charge in [0.25, 0.3) is 0 Å². The van der Waals surface area contributed by atoms with Gasteiger partial charge >= 0.3 is 0 Å². The van der Waals surface area contributed by atoms with Crippen molar-refractivity contribution in [3.05, 3.63) is 32.8 Å². The van der Waals surface area contributed by atoms with Crippen LogP contribution in [0.1, 0.15) is 38.1 Å². The van der Waals surface area contributed by atoms with Gasteiger partial charge in [-0.25, -0.2) is 4.68 Å². The molecule has 1 heterocycles. The molecule has 0 atom stereocenters. The molecule has 1 aromatic carbocycles. The molecule has 2 rings (SSSR count). The maximum absolute atomic E-state index is 5.90. The first-order valence-corrected chi connectivity index (χ1v) is 9.20. The number of ether oxygens (including phenoxy) is 2. The number of aromatic nitrogens is 3. The molecule has 1 aromatic heterocycles. The zero-order chi connectivity index (χ0) is 17.5. The number of benzene rings is 1. The standard InChI is InChI=1S/C16H23BrN4O2S/c1-4-6-14-19-20-16(24)21(14)18-10-11-8-12(17)9-13(22-3)15(11)23-7-5-2/h8-9,18H,4-7,10H2,1-3H3,(H,20,24). The van der Waals surface area contributed by atoms with Gasteiger partial charge in [-0.1, -0.05) is 29.8 Å². The van der Waals surface area contributed by atoms with Crippen molar-refractivity contribution in [3.63, 3.8) is 0 Å². The predicted octanol–water partition coefficient (Wildman–Crippen LogP) is 4.20. The summed E-state index contributed by atoms with van der Waals surface area (Å²) in [5.41, 5.74) is 4.31. The molecule has 0 spiro atoms. The van der Waals surface area contributed by atoms with Gasteiger partial charge in [-0.2, -0.15) is 5.10 Å². The van der Waals surface area contributed by atoms with E-state index in [0.29, 0.717) is 23.7 Å². The number of aromatic amines is 1. The Hall–Kier alpha value is -1.54. The number of halogens is 1. The second-order valence-corrected chi connectivity index (χ2v) is 6.61. The minimum Gasteiger partial charge on any atom is -0.493 e. The first kappa shape index (κ1) is 18.8. The van der Waals surface area contributed by atoms with Crippen LogP contribution in [-0.4, -0.2) is 28.6 Å². The zero-order valence-corrected chi connectivity index (χ0v) is 16.6. The molecule has 24 heavy (non-hydrogen) atoms. The number of methoxy groups -OCH3 is 1.